The highest BCUT2D eigenvalue weighted by Crippen LogP contribution is 2.29. The molecule has 25 heavy (non-hydrogen) atoms. The summed E-state index contributed by atoms with van der Waals surface area (Å²) >= 11 is 22.6. The number of hydrogen-bond donors (Lipinski definition) is 1. The molecule has 4 nitrogen and oxygen atoms in total. The van der Waals surface area contributed by atoms with Gasteiger partial charge in [-0.05, 0) is 37.1 Å². The third-order valence-electron chi connectivity index (χ3n) is 3.73. The second-order valence-corrected chi connectivity index (χ2v) is 7.27. The fourth-order valence-electron chi connectivity index (χ4n) is 2.43. The number of nitrogens with one attached hydrogen (secondary N) is 1. The van der Waals surface area contributed by atoms with Gasteiger partial charge in [0.1, 0.15) is 11.1 Å². The first-order chi connectivity index (χ1) is 11.9. The van der Waals surface area contributed by atoms with Crippen molar-refractivity contribution < 1.29 is 14.3 Å². The van der Waals surface area contributed by atoms with Crippen LogP contribution in [0.25, 0.3) is 0 Å². The lowest BCUT2D eigenvalue weighted by Gasteiger charge is -2.26. The first kappa shape index (κ1) is 20.1. The monoisotopic (exact) mass is 421 g/mol. The predicted molar refractivity (Wildman–Crippen MR) is 101 cm³/mol. The first-order valence-electron chi connectivity index (χ1n) is 7.46. The van der Waals surface area contributed by atoms with Crippen LogP contribution in [0.15, 0.2) is 45.9 Å². The molecule has 0 fully saturated rings. The van der Waals surface area contributed by atoms with Gasteiger partial charge in [0.05, 0.1) is 16.9 Å². The number of amides is 1. The predicted octanol–water partition coefficient (Wildman–Crippen LogP) is 5.29. The number of esters is 1. The van der Waals surface area contributed by atoms with Gasteiger partial charge in [-0.3, -0.25) is 9.59 Å². The Morgan fingerprint density at radius 3 is 2.24 bits per heavy atom. The second kappa shape index (κ2) is 9.48. The Balaban J connectivity index is 2.03. The van der Waals surface area contributed by atoms with Gasteiger partial charge in [0.2, 0.25) is 5.91 Å². The summed E-state index contributed by atoms with van der Waals surface area (Å²) in [6.45, 7) is -0.228. The van der Waals surface area contributed by atoms with Gasteiger partial charge in [0.25, 0.3) is 0 Å². The molecular formula is C17H15Cl4NO3. The molecule has 0 heterocycles. The van der Waals surface area contributed by atoms with Crippen molar-refractivity contribution >= 4 is 64.0 Å². The number of halogens is 4. The lowest BCUT2D eigenvalue weighted by molar-refractivity contribution is -0.151. The molecule has 1 amide bonds. The Kier molecular flexibility index (Phi) is 7.63. The van der Waals surface area contributed by atoms with Crippen molar-refractivity contribution in [2.45, 2.75) is 12.8 Å². The summed E-state index contributed by atoms with van der Waals surface area (Å²) in [6.07, 6.45) is 4.58. The molecule has 0 aliphatic heterocycles. The van der Waals surface area contributed by atoms with E-state index in [9.17, 15) is 9.59 Å². The summed E-state index contributed by atoms with van der Waals surface area (Å²) < 4.78 is 4.96. The van der Waals surface area contributed by atoms with E-state index in [1.165, 1.54) is 0 Å². The zero-order valence-electron chi connectivity index (χ0n) is 13.0. The number of ether oxygens (including phenoxy) is 1. The Morgan fingerprint density at radius 1 is 1.04 bits per heavy atom. The largest absolute Gasteiger partial charge is 0.460 e. The zero-order valence-corrected chi connectivity index (χ0v) is 16.0. The van der Waals surface area contributed by atoms with Crippen molar-refractivity contribution in [3.8, 4) is 0 Å². The van der Waals surface area contributed by atoms with Crippen LogP contribution in [0, 0.1) is 11.8 Å². The molecule has 0 spiro atoms. The number of hydrogen-bond acceptors (Lipinski definition) is 3. The lowest BCUT2D eigenvalue weighted by atomic mass is 9.82. The molecule has 0 saturated heterocycles. The van der Waals surface area contributed by atoms with E-state index < -0.39 is 17.8 Å². The summed E-state index contributed by atoms with van der Waals surface area (Å²) in [6, 6.07) is 6.74. The fourth-order valence-corrected chi connectivity index (χ4v) is 2.72. The maximum atomic E-state index is 12.6. The van der Waals surface area contributed by atoms with E-state index in [0.29, 0.717) is 23.6 Å². The molecule has 0 unspecified atom stereocenters. The van der Waals surface area contributed by atoms with Crippen molar-refractivity contribution in [2.75, 3.05) is 11.9 Å². The first-order valence-corrected chi connectivity index (χ1v) is 8.97. The van der Waals surface area contributed by atoms with Gasteiger partial charge in [-0.2, -0.15) is 0 Å². The van der Waals surface area contributed by atoms with E-state index in [1.54, 1.807) is 24.3 Å². The van der Waals surface area contributed by atoms with Crippen LogP contribution in [0.3, 0.4) is 0 Å². The summed E-state index contributed by atoms with van der Waals surface area (Å²) in [4.78, 5) is 24.9. The molecule has 1 aromatic carbocycles. The van der Waals surface area contributed by atoms with Gasteiger partial charge in [-0.1, -0.05) is 58.6 Å². The Morgan fingerprint density at radius 2 is 1.64 bits per heavy atom. The molecule has 8 heteroatoms. The Labute approximate surface area is 165 Å². The SMILES string of the molecule is O=C(Nc1ccc(Cl)cc1)[C@H]1CC=CC[C@@H]1C(=O)OCC(Cl)=C(Cl)Cl. The maximum absolute atomic E-state index is 12.6. The van der Waals surface area contributed by atoms with Gasteiger partial charge in [0.15, 0.2) is 0 Å². The minimum absolute atomic E-state index is 0.0326. The van der Waals surface area contributed by atoms with Crippen LogP contribution in [-0.2, 0) is 14.3 Å². The van der Waals surface area contributed by atoms with Crippen LogP contribution < -0.4 is 5.32 Å². The molecule has 1 aliphatic rings. The van der Waals surface area contributed by atoms with E-state index in [0.717, 1.165) is 0 Å². The van der Waals surface area contributed by atoms with Crippen molar-refractivity contribution in [1.82, 2.24) is 0 Å². The quantitative estimate of drug-likeness (QED) is 0.518. The summed E-state index contributed by atoms with van der Waals surface area (Å²) in [5.74, 6) is -1.92. The van der Waals surface area contributed by atoms with Crippen LogP contribution in [0.5, 0.6) is 0 Å². The Bertz CT molecular complexity index is 696. The van der Waals surface area contributed by atoms with Crippen LogP contribution in [-0.4, -0.2) is 18.5 Å². The van der Waals surface area contributed by atoms with E-state index >= 15 is 0 Å². The lowest BCUT2D eigenvalue weighted by Crippen LogP contribution is -2.36. The average Bonchev–Trinajstić information content (AvgIpc) is 2.61. The average molecular weight is 423 g/mol. The van der Waals surface area contributed by atoms with E-state index in [4.69, 9.17) is 51.1 Å². The van der Waals surface area contributed by atoms with Gasteiger partial charge in [-0.25, -0.2) is 0 Å². The minimum atomic E-state index is -0.601. The molecule has 134 valence electrons. The van der Waals surface area contributed by atoms with Crippen LogP contribution in [0.4, 0.5) is 5.69 Å². The molecule has 2 rings (SSSR count). The van der Waals surface area contributed by atoms with Gasteiger partial charge in [0, 0.05) is 10.7 Å². The molecule has 2 atom stereocenters. The van der Waals surface area contributed by atoms with Gasteiger partial charge >= 0.3 is 5.97 Å². The molecule has 1 aromatic rings. The van der Waals surface area contributed by atoms with Crippen LogP contribution >= 0.6 is 46.4 Å². The normalized spacial score (nSPS) is 19.2. The minimum Gasteiger partial charge on any atom is -0.460 e. The smallest absolute Gasteiger partial charge is 0.310 e. The molecule has 1 N–H and O–H groups in total. The number of anilines is 1. The topological polar surface area (TPSA) is 55.4 Å². The highest BCUT2D eigenvalue weighted by atomic mass is 35.5. The summed E-state index contributed by atoms with van der Waals surface area (Å²) in [5.41, 5.74) is 0.607. The van der Waals surface area contributed by atoms with Crippen molar-refractivity contribution in [3.63, 3.8) is 0 Å². The van der Waals surface area contributed by atoms with Crippen LogP contribution in [0.2, 0.25) is 5.02 Å². The third kappa shape index (κ3) is 5.93. The number of allylic oxidation sites excluding steroid dienone is 2. The second-order valence-electron chi connectivity index (χ2n) is 5.42. The fraction of sp³-hybridized carbons (Fsp3) is 0.294. The summed E-state index contributed by atoms with van der Waals surface area (Å²) in [5, 5.41) is 3.39. The molecule has 0 bridgehead atoms. The van der Waals surface area contributed by atoms with Gasteiger partial charge in [-0.15, -0.1) is 0 Å². The highest BCUT2D eigenvalue weighted by Gasteiger charge is 2.35. The van der Waals surface area contributed by atoms with Gasteiger partial charge < -0.3 is 10.1 Å². The van der Waals surface area contributed by atoms with Crippen molar-refractivity contribution in [2.24, 2.45) is 11.8 Å². The maximum Gasteiger partial charge on any atom is 0.310 e. The number of carbonyl (C=O) groups excluding carboxylic acids is 2. The zero-order chi connectivity index (χ0) is 18.4. The van der Waals surface area contributed by atoms with Crippen molar-refractivity contribution in [3.05, 3.63) is 51.0 Å². The molecule has 1 aliphatic carbocycles. The van der Waals surface area contributed by atoms with E-state index in [1.807, 2.05) is 12.2 Å². The molecular weight excluding hydrogens is 408 g/mol. The molecule has 0 aromatic heterocycles. The van der Waals surface area contributed by atoms with E-state index in [2.05, 4.69) is 5.32 Å². The molecule has 0 saturated carbocycles. The standard InChI is InChI=1S/C17H15Cl4NO3/c18-10-5-7-11(8-6-10)22-16(23)12-3-1-2-4-13(12)17(24)25-9-14(19)15(20)21/h1-2,5-8,12-13H,3-4,9H2,(H,22,23)/t12-,13-/m0/s1. The Hall–Kier alpha value is -1.20. The van der Waals surface area contributed by atoms with Crippen LogP contribution in [0.1, 0.15) is 12.8 Å². The number of carbonyl (C=O) groups is 2. The van der Waals surface area contributed by atoms with Crippen molar-refractivity contribution in [1.29, 1.82) is 0 Å². The number of benzene rings is 1. The highest BCUT2D eigenvalue weighted by molar-refractivity contribution is 6.59. The summed E-state index contributed by atoms with van der Waals surface area (Å²) in [7, 11) is 0. The van der Waals surface area contributed by atoms with E-state index in [-0.39, 0.29) is 22.0 Å². The number of rotatable bonds is 5. The molecule has 0 radical (unpaired) electrons. The third-order valence-corrected chi connectivity index (χ3v) is 4.93.